The van der Waals surface area contributed by atoms with Crippen LogP contribution in [0.25, 0.3) is 0 Å². The number of H-pyrrole nitrogens is 2. The molecule has 1 unspecified atom stereocenters. The molecule has 1 atom stereocenters. The normalized spacial score (nSPS) is 16.0. The molecule has 0 spiro atoms. The van der Waals surface area contributed by atoms with Gasteiger partial charge in [0.05, 0.1) is 16.4 Å². The lowest BCUT2D eigenvalue weighted by atomic mass is 9.84. The molecule has 1 aliphatic rings. The number of nitro groups is 1. The number of nitrogens with zero attached hydrogens (tertiary/aromatic N) is 2. The lowest BCUT2D eigenvalue weighted by molar-refractivity contribution is -0.385. The zero-order valence-electron chi connectivity index (χ0n) is 11.9. The minimum atomic E-state index is -1.14. The predicted octanol–water partition coefficient (Wildman–Crippen LogP) is 0.190. The molecule has 0 bridgehead atoms. The van der Waals surface area contributed by atoms with Gasteiger partial charge in [0.2, 0.25) is 11.8 Å². The van der Waals surface area contributed by atoms with E-state index in [1.807, 2.05) is 11.1 Å². The zero-order valence-corrected chi connectivity index (χ0v) is 11.9. The van der Waals surface area contributed by atoms with E-state index in [0.29, 0.717) is 0 Å². The molecule has 4 N–H and O–H groups in total. The molecule has 1 aliphatic heterocycles. The van der Waals surface area contributed by atoms with E-state index in [1.54, 1.807) is 0 Å². The van der Waals surface area contributed by atoms with E-state index in [9.17, 15) is 25.0 Å². The van der Waals surface area contributed by atoms with E-state index in [1.165, 1.54) is 24.3 Å². The van der Waals surface area contributed by atoms with Gasteiger partial charge >= 0.3 is 5.69 Å². The number of hydrogen-bond acceptors (Lipinski definition) is 7. The minimum absolute atomic E-state index is 0.0871. The van der Waals surface area contributed by atoms with Gasteiger partial charge in [-0.25, -0.2) is 4.79 Å². The highest BCUT2D eigenvalue weighted by Gasteiger charge is 2.37. The van der Waals surface area contributed by atoms with Crippen molar-refractivity contribution in [2.75, 3.05) is 0 Å². The third-order valence-corrected chi connectivity index (χ3v) is 3.56. The lowest BCUT2D eigenvalue weighted by Gasteiger charge is -2.24. The second kappa shape index (κ2) is 5.40. The Labute approximate surface area is 133 Å². The number of aromatic amines is 2. The fraction of sp³-hybridized carbons (Fsp3) is 0.0714. The zero-order chi connectivity index (χ0) is 17.4. The van der Waals surface area contributed by atoms with E-state index in [4.69, 9.17) is 10.5 Å². The Morgan fingerprint density at radius 2 is 2.00 bits per heavy atom. The Balaban J connectivity index is 2.39. The average Bonchev–Trinajstić information content (AvgIpc) is 2.53. The van der Waals surface area contributed by atoms with Crippen LogP contribution in [0.5, 0.6) is 5.88 Å². The van der Waals surface area contributed by atoms with Crippen LogP contribution >= 0.6 is 0 Å². The minimum Gasteiger partial charge on any atom is -0.424 e. The predicted molar refractivity (Wildman–Crippen MR) is 80.1 cm³/mol. The third kappa shape index (κ3) is 2.20. The number of nitrogens with two attached hydrogens (primary N) is 1. The molecule has 0 saturated heterocycles. The number of allylic oxidation sites excluding steroid dienone is 1. The smallest absolute Gasteiger partial charge is 0.328 e. The van der Waals surface area contributed by atoms with Gasteiger partial charge in [0, 0.05) is 11.6 Å². The third-order valence-electron chi connectivity index (χ3n) is 3.56. The summed E-state index contributed by atoms with van der Waals surface area (Å²) in [5, 5.41) is 20.7. The van der Waals surface area contributed by atoms with E-state index >= 15 is 0 Å². The van der Waals surface area contributed by atoms with Crippen LogP contribution in [0.4, 0.5) is 5.69 Å². The molecule has 1 aromatic heterocycles. The summed E-state index contributed by atoms with van der Waals surface area (Å²) in [5.74, 6) is -1.72. The molecule has 10 heteroatoms. The van der Waals surface area contributed by atoms with Crippen LogP contribution in [0.15, 0.2) is 45.3 Å². The van der Waals surface area contributed by atoms with Gasteiger partial charge in [0.25, 0.3) is 11.2 Å². The van der Waals surface area contributed by atoms with Crippen LogP contribution in [-0.4, -0.2) is 14.9 Å². The molecule has 0 radical (unpaired) electrons. The molecule has 0 saturated carbocycles. The lowest BCUT2D eigenvalue weighted by Crippen LogP contribution is -2.33. The van der Waals surface area contributed by atoms with Crippen LogP contribution < -0.4 is 21.7 Å². The maximum atomic E-state index is 12.2. The Hall–Kier alpha value is -3.87. The number of nitriles is 1. The van der Waals surface area contributed by atoms with E-state index in [2.05, 4.69) is 4.98 Å². The summed E-state index contributed by atoms with van der Waals surface area (Å²) < 4.78 is 5.14. The number of fused-ring (bicyclic) bond motifs is 1. The monoisotopic (exact) mass is 327 g/mol. The average molecular weight is 327 g/mol. The fourth-order valence-electron chi connectivity index (χ4n) is 2.60. The van der Waals surface area contributed by atoms with E-state index in [-0.39, 0.29) is 34.2 Å². The molecule has 120 valence electrons. The van der Waals surface area contributed by atoms with Gasteiger partial charge in [-0.2, -0.15) is 5.26 Å². The van der Waals surface area contributed by atoms with Gasteiger partial charge in [-0.15, -0.1) is 0 Å². The molecule has 3 rings (SSSR count). The Kier molecular flexibility index (Phi) is 3.38. The van der Waals surface area contributed by atoms with Gasteiger partial charge in [-0.3, -0.25) is 24.9 Å². The first-order valence-corrected chi connectivity index (χ1v) is 6.61. The van der Waals surface area contributed by atoms with Crippen molar-refractivity contribution in [1.29, 1.82) is 5.26 Å². The number of nitro benzene ring substituents is 1. The van der Waals surface area contributed by atoms with Crippen molar-refractivity contribution in [2.24, 2.45) is 5.73 Å². The van der Waals surface area contributed by atoms with Crippen molar-refractivity contribution >= 4 is 5.69 Å². The highest BCUT2D eigenvalue weighted by atomic mass is 16.6. The van der Waals surface area contributed by atoms with Crippen molar-refractivity contribution in [1.82, 2.24) is 9.97 Å². The molecule has 2 aromatic rings. The molecule has 10 nitrogen and oxygen atoms in total. The summed E-state index contributed by atoms with van der Waals surface area (Å²) in [4.78, 5) is 38.6. The first-order valence-electron chi connectivity index (χ1n) is 6.61. The SMILES string of the molecule is N#CC1=C(N)Oc2[nH]c(=O)[nH]c(=O)c2C1c1ccccc1[N+](=O)[O-]. The molecular weight excluding hydrogens is 318 g/mol. The number of benzene rings is 1. The summed E-state index contributed by atoms with van der Waals surface area (Å²) in [5.41, 5.74) is 3.55. The Morgan fingerprint density at radius 1 is 1.29 bits per heavy atom. The van der Waals surface area contributed by atoms with Crippen LogP contribution in [0.3, 0.4) is 0 Å². The molecule has 24 heavy (non-hydrogen) atoms. The maximum absolute atomic E-state index is 12.2. The second-order valence-corrected chi connectivity index (χ2v) is 4.89. The molecule has 1 aromatic carbocycles. The summed E-state index contributed by atoms with van der Waals surface area (Å²) >= 11 is 0. The molecular formula is C14H9N5O5. The molecule has 0 fully saturated rings. The first kappa shape index (κ1) is 15.0. The number of hydrogen-bond donors (Lipinski definition) is 3. The topological polar surface area (TPSA) is 168 Å². The van der Waals surface area contributed by atoms with Gasteiger partial charge in [-0.1, -0.05) is 18.2 Å². The van der Waals surface area contributed by atoms with E-state index < -0.39 is 22.1 Å². The van der Waals surface area contributed by atoms with Crippen molar-refractivity contribution in [3.8, 4) is 11.9 Å². The van der Waals surface area contributed by atoms with Crippen LogP contribution in [0, 0.1) is 21.4 Å². The van der Waals surface area contributed by atoms with Crippen molar-refractivity contribution in [3.05, 3.63) is 77.8 Å². The van der Waals surface area contributed by atoms with E-state index in [0.717, 1.165) is 0 Å². The van der Waals surface area contributed by atoms with Gasteiger partial charge < -0.3 is 10.5 Å². The Morgan fingerprint density at radius 3 is 2.67 bits per heavy atom. The van der Waals surface area contributed by atoms with Crippen molar-refractivity contribution < 1.29 is 9.66 Å². The van der Waals surface area contributed by atoms with Gasteiger partial charge in [0.15, 0.2) is 0 Å². The number of rotatable bonds is 2. The molecule has 2 heterocycles. The van der Waals surface area contributed by atoms with Gasteiger partial charge in [0.1, 0.15) is 11.6 Å². The number of para-hydroxylation sites is 1. The highest BCUT2D eigenvalue weighted by Crippen LogP contribution is 2.41. The standard InChI is InChI=1S/C14H9N5O5/c15-5-7-9(6-3-1-2-4-8(6)19(22)23)10-12(20)17-14(21)18-13(10)24-11(7)16/h1-4,9H,16H2,(H2,17,18,20,21). The number of nitrogens with one attached hydrogen (secondary N) is 2. The fourth-order valence-corrected chi connectivity index (χ4v) is 2.60. The van der Waals surface area contributed by atoms with Crippen molar-refractivity contribution in [2.45, 2.75) is 5.92 Å². The summed E-state index contributed by atoms with van der Waals surface area (Å²) in [6.07, 6.45) is 0. The highest BCUT2D eigenvalue weighted by molar-refractivity contribution is 5.57. The largest absolute Gasteiger partial charge is 0.424 e. The first-order chi connectivity index (χ1) is 11.4. The maximum Gasteiger partial charge on any atom is 0.328 e. The van der Waals surface area contributed by atoms with Crippen LogP contribution in [0.1, 0.15) is 17.0 Å². The summed E-state index contributed by atoms with van der Waals surface area (Å²) in [6, 6.07) is 7.46. The van der Waals surface area contributed by atoms with Crippen LogP contribution in [-0.2, 0) is 0 Å². The molecule has 0 aliphatic carbocycles. The molecule has 0 amide bonds. The summed E-state index contributed by atoms with van der Waals surface area (Å²) in [6.45, 7) is 0. The number of ether oxygens (including phenoxy) is 1. The Bertz CT molecular complexity index is 1040. The van der Waals surface area contributed by atoms with Crippen LogP contribution in [0.2, 0.25) is 0 Å². The number of aromatic nitrogens is 2. The second-order valence-electron chi connectivity index (χ2n) is 4.89. The van der Waals surface area contributed by atoms with Gasteiger partial charge in [-0.05, 0) is 0 Å². The quantitative estimate of drug-likeness (QED) is 0.522. The summed E-state index contributed by atoms with van der Waals surface area (Å²) in [7, 11) is 0. The van der Waals surface area contributed by atoms with Crippen molar-refractivity contribution in [3.63, 3.8) is 0 Å².